The first-order chi connectivity index (χ1) is 9.38. The number of anilines is 1. The van der Waals surface area contributed by atoms with Crippen LogP contribution >= 0.6 is 0 Å². The monoisotopic (exact) mass is 291 g/mol. The Bertz CT molecular complexity index is 674. The highest BCUT2D eigenvalue weighted by molar-refractivity contribution is 7.92. The summed E-state index contributed by atoms with van der Waals surface area (Å²) in [5.74, 6) is 0. The largest absolute Gasteiger partial charge is 0.389 e. The van der Waals surface area contributed by atoms with Crippen molar-refractivity contribution in [2.24, 2.45) is 0 Å². The lowest BCUT2D eigenvalue weighted by Gasteiger charge is -2.10. The zero-order chi connectivity index (χ0) is 14.8. The van der Waals surface area contributed by atoms with Crippen molar-refractivity contribution >= 4 is 15.7 Å². The summed E-state index contributed by atoms with van der Waals surface area (Å²) in [4.78, 5) is 0.225. The first kappa shape index (κ1) is 14.6. The minimum Gasteiger partial charge on any atom is -0.389 e. The summed E-state index contributed by atoms with van der Waals surface area (Å²) in [6.45, 7) is 3.56. The number of sulfonamides is 1. The summed E-state index contributed by atoms with van der Waals surface area (Å²) in [5, 5.41) is 9.41. The third-order valence-electron chi connectivity index (χ3n) is 2.98. The molecule has 4 nitrogen and oxygen atoms in total. The van der Waals surface area contributed by atoms with Crippen LogP contribution < -0.4 is 4.72 Å². The molecule has 0 spiro atoms. The van der Waals surface area contributed by atoms with E-state index in [4.69, 9.17) is 0 Å². The van der Waals surface area contributed by atoms with Crippen LogP contribution in [0.15, 0.2) is 53.4 Å². The number of aliphatic hydroxyl groups excluding tert-OH is 1. The Balaban J connectivity index is 2.22. The molecule has 0 fully saturated rings. The molecule has 2 aromatic rings. The zero-order valence-corrected chi connectivity index (χ0v) is 12.2. The number of rotatable bonds is 4. The second kappa shape index (κ2) is 5.64. The van der Waals surface area contributed by atoms with Crippen molar-refractivity contribution in [3.05, 3.63) is 59.7 Å². The molecule has 0 bridgehead atoms. The standard InChI is InChI=1S/C15H17NO3S/c1-11-3-9-15(10-4-11)20(18,19)16-14-7-5-13(6-8-14)12(2)17/h3-10,12,16-17H,1-2H3. The van der Waals surface area contributed by atoms with E-state index in [1.807, 2.05) is 6.92 Å². The molecule has 2 N–H and O–H groups in total. The van der Waals surface area contributed by atoms with Crippen LogP contribution in [-0.4, -0.2) is 13.5 Å². The number of hydrogen-bond donors (Lipinski definition) is 2. The Morgan fingerprint density at radius 2 is 1.55 bits per heavy atom. The van der Waals surface area contributed by atoms with E-state index < -0.39 is 16.1 Å². The molecular formula is C15H17NO3S. The van der Waals surface area contributed by atoms with Crippen LogP contribution in [-0.2, 0) is 10.0 Å². The van der Waals surface area contributed by atoms with Crippen LogP contribution in [0.25, 0.3) is 0 Å². The van der Waals surface area contributed by atoms with E-state index in [-0.39, 0.29) is 4.90 Å². The Hall–Kier alpha value is -1.85. The summed E-state index contributed by atoms with van der Waals surface area (Å²) in [6.07, 6.45) is -0.572. The smallest absolute Gasteiger partial charge is 0.261 e. The first-order valence-electron chi connectivity index (χ1n) is 6.26. The van der Waals surface area contributed by atoms with E-state index in [0.29, 0.717) is 5.69 Å². The number of nitrogens with one attached hydrogen (secondary N) is 1. The minimum atomic E-state index is -3.58. The predicted molar refractivity (Wildman–Crippen MR) is 79.1 cm³/mol. The molecule has 0 aromatic heterocycles. The normalized spacial score (nSPS) is 12.9. The van der Waals surface area contributed by atoms with E-state index in [1.54, 1.807) is 55.5 Å². The van der Waals surface area contributed by atoms with Crippen LogP contribution in [0.2, 0.25) is 0 Å². The van der Waals surface area contributed by atoms with Gasteiger partial charge >= 0.3 is 0 Å². The van der Waals surface area contributed by atoms with Gasteiger partial charge in [0.2, 0.25) is 0 Å². The lowest BCUT2D eigenvalue weighted by atomic mass is 10.1. The predicted octanol–water partition coefficient (Wildman–Crippen LogP) is 2.85. The quantitative estimate of drug-likeness (QED) is 0.910. The fourth-order valence-corrected chi connectivity index (χ4v) is 2.82. The Morgan fingerprint density at radius 3 is 2.05 bits per heavy atom. The van der Waals surface area contributed by atoms with Crippen molar-refractivity contribution in [2.75, 3.05) is 4.72 Å². The zero-order valence-electron chi connectivity index (χ0n) is 11.4. The van der Waals surface area contributed by atoms with Crippen molar-refractivity contribution in [3.63, 3.8) is 0 Å². The van der Waals surface area contributed by atoms with E-state index in [1.165, 1.54) is 0 Å². The van der Waals surface area contributed by atoms with Crippen molar-refractivity contribution in [1.82, 2.24) is 0 Å². The van der Waals surface area contributed by atoms with Crippen LogP contribution in [0.3, 0.4) is 0 Å². The number of benzene rings is 2. The maximum absolute atomic E-state index is 12.2. The SMILES string of the molecule is Cc1ccc(S(=O)(=O)Nc2ccc(C(C)O)cc2)cc1. The van der Waals surface area contributed by atoms with Crippen molar-refractivity contribution in [3.8, 4) is 0 Å². The lowest BCUT2D eigenvalue weighted by Crippen LogP contribution is -2.12. The van der Waals surface area contributed by atoms with Gasteiger partial charge in [-0.25, -0.2) is 8.42 Å². The number of aryl methyl sites for hydroxylation is 1. The van der Waals surface area contributed by atoms with Gasteiger partial charge in [-0.2, -0.15) is 0 Å². The molecule has 0 aliphatic rings. The minimum absolute atomic E-state index is 0.225. The average Bonchev–Trinajstić information content (AvgIpc) is 2.39. The lowest BCUT2D eigenvalue weighted by molar-refractivity contribution is 0.199. The molecule has 106 valence electrons. The highest BCUT2D eigenvalue weighted by Crippen LogP contribution is 2.19. The Morgan fingerprint density at radius 1 is 1.00 bits per heavy atom. The summed E-state index contributed by atoms with van der Waals surface area (Å²) >= 11 is 0. The molecule has 2 rings (SSSR count). The highest BCUT2D eigenvalue weighted by Gasteiger charge is 2.13. The molecule has 0 heterocycles. The highest BCUT2D eigenvalue weighted by atomic mass is 32.2. The third kappa shape index (κ3) is 3.37. The third-order valence-corrected chi connectivity index (χ3v) is 4.37. The van der Waals surface area contributed by atoms with Crippen molar-refractivity contribution in [1.29, 1.82) is 0 Å². The molecule has 2 aromatic carbocycles. The van der Waals surface area contributed by atoms with E-state index >= 15 is 0 Å². The van der Waals surface area contributed by atoms with Gasteiger partial charge in [-0.1, -0.05) is 29.8 Å². The van der Waals surface area contributed by atoms with Gasteiger partial charge in [0.05, 0.1) is 11.0 Å². The van der Waals surface area contributed by atoms with Gasteiger partial charge in [-0.05, 0) is 43.7 Å². The number of hydrogen-bond acceptors (Lipinski definition) is 3. The summed E-state index contributed by atoms with van der Waals surface area (Å²) < 4.78 is 26.9. The van der Waals surface area contributed by atoms with Gasteiger partial charge in [-0.3, -0.25) is 4.72 Å². The molecule has 0 radical (unpaired) electrons. The average molecular weight is 291 g/mol. The van der Waals surface area contributed by atoms with Gasteiger partial charge in [-0.15, -0.1) is 0 Å². The van der Waals surface area contributed by atoms with Gasteiger partial charge in [0.1, 0.15) is 0 Å². The molecule has 0 aliphatic carbocycles. The molecular weight excluding hydrogens is 274 g/mol. The van der Waals surface area contributed by atoms with Crippen molar-refractivity contribution < 1.29 is 13.5 Å². The van der Waals surface area contributed by atoms with E-state index in [0.717, 1.165) is 11.1 Å². The van der Waals surface area contributed by atoms with Crippen LogP contribution in [0, 0.1) is 6.92 Å². The van der Waals surface area contributed by atoms with Crippen LogP contribution in [0.4, 0.5) is 5.69 Å². The summed E-state index contributed by atoms with van der Waals surface area (Å²) in [6, 6.07) is 13.3. The number of aliphatic hydroxyl groups is 1. The topological polar surface area (TPSA) is 66.4 Å². The molecule has 5 heteroatoms. The Labute approximate surface area is 119 Å². The van der Waals surface area contributed by atoms with Crippen LogP contribution in [0.1, 0.15) is 24.2 Å². The van der Waals surface area contributed by atoms with E-state index in [9.17, 15) is 13.5 Å². The molecule has 0 saturated heterocycles. The van der Waals surface area contributed by atoms with Gasteiger partial charge in [0, 0.05) is 5.69 Å². The van der Waals surface area contributed by atoms with Crippen LogP contribution in [0.5, 0.6) is 0 Å². The summed E-state index contributed by atoms with van der Waals surface area (Å²) in [7, 11) is -3.58. The maximum Gasteiger partial charge on any atom is 0.261 e. The molecule has 0 saturated carbocycles. The van der Waals surface area contributed by atoms with Gasteiger partial charge in [0.25, 0.3) is 10.0 Å². The fraction of sp³-hybridized carbons (Fsp3) is 0.200. The second-order valence-electron chi connectivity index (χ2n) is 4.72. The maximum atomic E-state index is 12.2. The first-order valence-corrected chi connectivity index (χ1v) is 7.74. The molecule has 1 unspecified atom stereocenters. The molecule has 0 aliphatic heterocycles. The van der Waals surface area contributed by atoms with Crippen molar-refractivity contribution in [2.45, 2.75) is 24.8 Å². The van der Waals surface area contributed by atoms with E-state index in [2.05, 4.69) is 4.72 Å². The van der Waals surface area contributed by atoms with Gasteiger partial charge < -0.3 is 5.11 Å². The molecule has 20 heavy (non-hydrogen) atoms. The summed E-state index contributed by atoms with van der Waals surface area (Å²) in [5.41, 5.74) is 2.21. The molecule has 0 amide bonds. The fourth-order valence-electron chi connectivity index (χ4n) is 1.76. The second-order valence-corrected chi connectivity index (χ2v) is 6.40. The van der Waals surface area contributed by atoms with Gasteiger partial charge in [0.15, 0.2) is 0 Å². The Kier molecular flexibility index (Phi) is 4.11. The molecule has 1 atom stereocenters.